The highest BCUT2D eigenvalue weighted by Crippen LogP contribution is 2.03. The van der Waals surface area contributed by atoms with Gasteiger partial charge in [-0.2, -0.15) is 5.26 Å². The first-order valence-corrected chi connectivity index (χ1v) is 4.95. The van der Waals surface area contributed by atoms with E-state index in [0.29, 0.717) is 12.1 Å². The highest BCUT2D eigenvalue weighted by Gasteiger charge is 1.97. The molecule has 16 heavy (non-hydrogen) atoms. The molecule has 1 aromatic heterocycles. The SMILES string of the molecule is N#Cc1ccc(CNCc2cnco2)cc1. The minimum Gasteiger partial charge on any atom is -0.447 e. The van der Waals surface area contributed by atoms with Crippen molar-refractivity contribution in [2.75, 3.05) is 0 Å². The van der Waals surface area contributed by atoms with E-state index in [0.717, 1.165) is 17.9 Å². The van der Waals surface area contributed by atoms with E-state index in [9.17, 15) is 0 Å². The van der Waals surface area contributed by atoms with Crippen LogP contribution < -0.4 is 5.32 Å². The molecule has 0 atom stereocenters. The van der Waals surface area contributed by atoms with E-state index in [-0.39, 0.29) is 0 Å². The number of nitriles is 1. The normalized spacial score (nSPS) is 9.94. The van der Waals surface area contributed by atoms with Crippen molar-refractivity contribution in [1.82, 2.24) is 10.3 Å². The van der Waals surface area contributed by atoms with Crippen molar-refractivity contribution in [2.45, 2.75) is 13.1 Å². The molecular weight excluding hydrogens is 202 g/mol. The molecule has 0 aliphatic rings. The fraction of sp³-hybridized carbons (Fsp3) is 0.167. The molecule has 80 valence electrons. The molecule has 0 amide bonds. The summed E-state index contributed by atoms with van der Waals surface area (Å²) < 4.78 is 5.09. The minimum absolute atomic E-state index is 0.653. The van der Waals surface area contributed by atoms with Crippen molar-refractivity contribution in [2.24, 2.45) is 0 Å². The molecule has 1 N–H and O–H groups in total. The zero-order valence-corrected chi connectivity index (χ0v) is 8.68. The second-order valence-electron chi connectivity index (χ2n) is 3.38. The van der Waals surface area contributed by atoms with Crippen LogP contribution in [0.15, 0.2) is 41.3 Å². The van der Waals surface area contributed by atoms with Crippen LogP contribution in [0.4, 0.5) is 0 Å². The van der Waals surface area contributed by atoms with Gasteiger partial charge in [-0.15, -0.1) is 0 Å². The number of aromatic nitrogens is 1. The van der Waals surface area contributed by atoms with Crippen LogP contribution in [0.25, 0.3) is 0 Å². The number of nitrogens with zero attached hydrogens (tertiary/aromatic N) is 2. The summed E-state index contributed by atoms with van der Waals surface area (Å²) in [7, 11) is 0. The highest BCUT2D eigenvalue weighted by molar-refractivity contribution is 5.31. The Kier molecular flexibility index (Phi) is 3.31. The number of rotatable bonds is 4. The van der Waals surface area contributed by atoms with Gasteiger partial charge in [0.15, 0.2) is 6.39 Å². The van der Waals surface area contributed by atoms with Gasteiger partial charge in [-0.1, -0.05) is 12.1 Å². The van der Waals surface area contributed by atoms with Crippen molar-refractivity contribution in [3.05, 3.63) is 53.7 Å². The standard InChI is InChI=1S/C12H11N3O/c13-5-10-1-3-11(4-2-10)6-14-7-12-8-15-9-16-12/h1-4,8-9,14H,6-7H2. The van der Waals surface area contributed by atoms with Gasteiger partial charge in [-0.25, -0.2) is 4.98 Å². The molecule has 0 saturated carbocycles. The van der Waals surface area contributed by atoms with Gasteiger partial charge in [0.1, 0.15) is 5.76 Å². The predicted molar refractivity (Wildman–Crippen MR) is 58.2 cm³/mol. The molecule has 2 aromatic rings. The smallest absolute Gasteiger partial charge is 0.180 e. The molecule has 0 aliphatic heterocycles. The van der Waals surface area contributed by atoms with Crippen LogP contribution in [-0.4, -0.2) is 4.98 Å². The third-order valence-electron chi connectivity index (χ3n) is 2.19. The van der Waals surface area contributed by atoms with E-state index in [1.165, 1.54) is 6.39 Å². The minimum atomic E-state index is 0.653. The predicted octanol–water partition coefficient (Wildman–Crippen LogP) is 1.84. The molecule has 2 rings (SSSR count). The summed E-state index contributed by atoms with van der Waals surface area (Å²) in [5, 5.41) is 11.9. The van der Waals surface area contributed by atoms with Gasteiger partial charge in [0.05, 0.1) is 24.4 Å². The molecule has 0 radical (unpaired) electrons. The summed E-state index contributed by atoms with van der Waals surface area (Å²) in [4.78, 5) is 3.83. The lowest BCUT2D eigenvalue weighted by Gasteiger charge is -2.02. The Morgan fingerprint density at radius 1 is 1.25 bits per heavy atom. The van der Waals surface area contributed by atoms with Crippen molar-refractivity contribution < 1.29 is 4.42 Å². The fourth-order valence-electron chi connectivity index (χ4n) is 1.36. The average molecular weight is 213 g/mol. The molecule has 4 heteroatoms. The molecule has 1 aromatic carbocycles. The van der Waals surface area contributed by atoms with Gasteiger partial charge in [0, 0.05) is 6.54 Å². The zero-order chi connectivity index (χ0) is 11.2. The molecule has 0 saturated heterocycles. The van der Waals surface area contributed by atoms with E-state index >= 15 is 0 Å². The van der Waals surface area contributed by atoms with Gasteiger partial charge in [-0.3, -0.25) is 0 Å². The van der Waals surface area contributed by atoms with Gasteiger partial charge in [0.25, 0.3) is 0 Å². The quantitative estimate of drug-likeness (QED) is 0.841. The van der Waals surface area contributed by atoms with Gasteiger partial charge < -0.3 is 9.73 Å². The third-order valence-corrected chi connectivity index (χ3v) is 2.19. The van der Waals surface area contributed by atoms with Crippen molar-refractivity contribution in [3.63, 3.8) is 0 Å². The monoisotopic (exact) mass is 213 g/mol. The molecule has 4 nitrogen and oxygen atoms in total. The lowest BCUT2D eigenvalue weighted by Crippen LogP contribution is -2.11. The Balaban J connectivity index is 1.83. The summed E-state index contributed by atoms with van der Waals surface area (Å²) >= 11 is 0. The van der Waals surface area contributed by atoms with Gasteiger partial charge in [0.2, 0.25) is 0 Å². The van der Waals surface area contributed by atoms with Crippen LogP contribution >= 0.6 is 0 Å². The molecule has 0 aliphatic carbocycles. The maximum atomic E-state index is 8.64. The first-order valence-electron chi connectivity index (χ1n) is 4.95. The van der Waals surface area contributed by atoms with Crippen molar-refractivity contribution >= 4 is 0 Å². The van der Waals surface area contributed by atoms with E-state index in [1.807, 2.05) is 24.3 Å². The number of benzene rings is 1. The second kappa shape index (κ2) is 5.10. The number of hydrogen-bond acceptors (Lipinski definition) is 4. The molecule has 0 bridgehead atoms. The van der Waals surface area contributed by atoms with E-state index < -0.39 is 0 Å². The Hall–Kier alpha value is -2.12. The van der Waals surface area contributed by atoms with Crippen molar-refractivity contribution in [1.29, 1.82) is 5.26 Å². The number of oxazole rings is 1. The molecule has 0 unspecified atom stereocenters. The van der Waals surface area contributed by atoms with Crippen LogP contribution in [0.5, 0.6) is 0 Å². The largest absolute Gasteiger partial charge is 0.447 e. The lowest BCUT2D eigenvalue weighted by molar-refractivity contribution is 0.479. The Morgan fingerprint density at radius 3 is 2.69 bits per heavy atom. The topological polar surface area (TPSA) is 61.9 Å². The third kappa shape index (κ3) is 2.69. The maximum Gasteiger partial charge on any atom is 0.180 e. The summed E-state index contributed by atoms with van der Waals surface area (Å²) in [6.07, 6.45) is 3.10. The van der Waals surface area contributed by atoms with Crippen LogP contribution in [0.1, 0.15) is 16.9 Å². The second-order valence-corrected chi connectivity index (χ2v) is 3.38. The van der Waals surface area contributed by atoms with Crippen LogP contribution in [0.3, 0.4) is 0 Å². The van der Waals surface area contributed by atoms with E-state index in [1.54, 1.807) is 6.20 Å². The number of hydrogen-bond donors (Lipinski definition) is 1. The number of nitrogens with one attached hydrogen (secondary N) is 1. The molecule has 0 spiro atoms. The molecule has 1 heterocycles. The van der Waals surface area contributed by atoms with E-state index in [2.05, 4.69) is 16.4 Å². The molecule has 0 fully saturated rings. The first-order chi connectivity index (χ1) is 7.88. The summed E-state index contributed by atoms with van der Waals surface area (Å²) in [6.45, 7) is 1.40. The highest BCUT2D eigenvalue weighted by atomic mass is 16.3. The fourth-order valence-corrected chi connectivity index (χ4v) is 1.36. The van der Waals surface area contributed by atoms with Crippen molar-refractivity contribution in [3.8, 4) is 6.07 Å². The summed E-state index contributed by atoms with van der Waals surface area (Å²) in [5.74, 6) is 0.814. The van der Waals surface area contributed by atoms with Gasteiger partial charge in [-0.05, 0) is 17.7 Å². The Labute approximate surface area is 93.5 Å². The maximum absolute atomic E-state index is 8.64. The van der Waals surface area contributed by atoms with Gasteiger partial charge >= 0.3 is 0 Å². The Morgan fingerprint density at radius 2 is 2.06 bits per heavy atom. The van der Waals surface area contributed by atoms with Crippen LogP contribution in [-0.2, 0) is 13.1 Å². The first kappa shape index (κ1) is 10.4. The average Bonchev–Trinajstić information content (AvgIpc) is 2.83. The lowest BCUT2D eigenvalue weighted by atomic mass is 10.1. The Bertz CT molecular complexity index is 468. The molecular formula is C12H11N3O. The van der Waals surface area contributed by atoms with Crippen LogP contribution in [0, 0.1) is 11.3 Å². The summed E-state index contributed by atoms with van der Waals surface area (Å²) in [6, 6.07) is 9.58. The van der Waals surface area contributed by atoms with E-state index in [4.69, 9.17) is 9.68 Å². The zero-order valence-electron chi connectivity index (χ0n) is 8.68. The summed E-state index contributed by atoms with van der Waals surface area (Å²) in [5.41, 5.74) is 1.82. The van der Waals surface area contributed by atoms with Crippen LogP contribution in [0.2, 0.25) is 0 Å².